The van der Waals surface area contributed by atoms with Gasteiger partial charge in [-0.3, -0.25) is 19.2 Å². The lowest BCUT2D eigenvalue weighted by Crippen LogP contribution is -2.75. The highest BCUT2D eigenvalue weighted by Crippen LogP contribution is 2.26. The zero-order chi connectivity index (χ0) is 28.2. The van der Waals surface area contributed by atoms with Gasteiger partial charge in [0.15, 0.2) is 11.6 Å². The lowest BCUT2D eigenvalue weighted by molar-refractivity contribution is -0.175. The molecule has 37 heavy (non-hydrogen) atoms. The van der Waals surface area contributed by atoms with Gasteiger partial charge >= 0.3 is 5.97 Å². The Balaban J connectivity index is 3.69. The molecule has 0 aliphatic rings. The fourth-order valence-electron chi connectivity index (χ4n) is 3.91. The summed E-state index contributed by atoms with van der Waals surface area (Å²) in [6, 6.07) is -4.63. The van der Waals surface area contributed by atoms with Crippen LogP contribution in [0.25, 0.3) is 0 Å². The molecule has 0 fully saturated rings. The van der Waals surface area contributed by atoms with Crippen LogP contribution in [0.15, 0.2) is 12.5 Å². The molecule has 208 valence electrons. The molecule has 2 amide bonds. The van der Waals surface area contributed by atoms with Gasteiger partial charge in [0.05, 0.1) is 36.7 Å². The number of carbonyl (C=O) groups excluding carboxylic acids is 4. The maximum atomic E-state index is 13.8. The first-order valence-corrected chi connectivity index (χ1v) is 12.0. The molecule has 1 aromatic heterocycles. The molecular formula is C22H39N9O6. The van der Waals surface area contributed by atoms with Crippen molar-refractivity contribution in [1.82, 2.24) is 14.9 Å². The van der Waals surface area contributed by atoms with Crippen molar-refractivity contribution in [3.05, 3.63) is 18.2 Å². The maximum absolute atomic E-state index is 13.8. The minimum absolute atomic E-state index is 0.00431. The Bertz CT molecular complexity index is 926. The van der Waals surface area contributed by atoms with Gasteiger partial charge in [0, 0.05) is 12.6 Å². The highest BCUT2D eigenvalue weighted by Gasteiger charge is 2.63. The van der Waals surface area contributed by atoms with Gasteiger partial charge in [0.2, 0.25) is 11.8 Å². The molecule has 4 unspecified atom stereocenters. The quantitative estimate of drug-likeness (QED) is 0.0681. The van der Waals surface area contributed by atoms with Crippen LogP contribution in [-0.2, 0) is 30.4 Å². The third kappa shape index (κ3) is 7.70. The first kappa shape index (κ1) is 31.9. The Morgan fingerprint density at radius 3 is 1.89 bits per heavy atom. The van der Waals surface area contributed by atoms with E-state index in [4.69, 9.17) is 34.4 Å². The van der Waals surface area contributed by atoms with Gasteiger partial charge in [-0.15, -0.1) is 0 Å². The number of carboxylic acids is 1. The molecule has 15 nitrogen and oxygen atoms in total. The molecule has 14 N–H and O–H groups in total. The second-order valence-corrected chi connectivity index (χ2v) is 8.67. The van der Waals surface area contributed by atoms with E-state index in [1.807, 2.05) is 0 Å². The predicted molar refractivity (Wildman–Crippen MR) is 133 cm³/mol. The highest BCUT2D eigenvalue weighted by molar-refractivity contribution is 6.33. The second kappa shape index (κ2) is 15.2. The minimum atomic E-state index is -3.39. The summed E-state index contributed by atoms with van der Waals surface area (Å²) < 4.78 is 0. The van der Waals surface area contributed by atoms with Crippen molar-refractivity contribution >= 4 is 29.4 Å². The number of imide groups is 1. The summed E-state index contributed by atoms with van der Waals surface area (Å²) in [5.74, 6) is -7.48. The van der Waals surface area contributed by atoms with E-state index in [1.54, 1.807) is 0 Å². The van der Waals surface area contributed by atoms with E-state index in [-0.39, 0.29) is 36.4 Å². The van der Waals surface area contributed by atoms with Crippen LogP contribution in [0.3, 0.4) is 0 Å². The van der Waals surface area contributed by atoms with E-state index in [0.29, 0.717) is 32.2 Å². The van der Waals surface area contributed by atoms with Crippen LogP contribution in [0, 0.1) is 0 Å². The van der Waals surface area contributed by atoms with Gasteiger partial charge in [-0.1, -0.05) is 12.8 Å². The Morgan fingerprint density at radius 2 is 1.43 bits per heavy atom. The van der Waals surface area contributed by atoms with Crippen LogP contribution in [0.2, 0.25) is 0 Å². The number of carbonyl (C=O) groups is 5. The molecule has 4 atom stereocenters. The van der Waals surface area contributed by atoms with Crippen molar-refractivity contribution in [2.24, 2.45) is 34.4 Å². The molecular weight excluding hydrogens is 486 g/mol. The third-order valence-electron chi connectivity index (χ3n) is 5.92. The average Bonchev–Trinajstić information content (AvgIpc) is 3.38. The van der Waals surface area contributed by atoms with Crippen molar-refractivity contribution < 1.29 is 29.1 Å². The van der Waals surface area contributed by atoms with Crippen molar-refractivity contribution in [2.45, 2.75) is 68.6 Å². The molecule has 0 radical (unpaired) electrons. The Labute approximate surface area is 214 Å². The first-order valence-electron chi connectivity index (χ1n) is 12.0. The topological polar surface area (TPSA) is 294 Å². The summed E-state index contributed by atoms with van der Waals surface area (Å²) in [7, 11) is 0. The maximum Gasteiger partial charge on any atom is 0.346 e. The number of hydrogen-bond acceptors (Lipinski definition) is 12. The molecule has 0 aliphatic heterocycles. The van der Waals surface area contributed by atoms with Crippen LogP contribution in [-0.4, -0.2) is 92.6 Å². The molecule has 1 rings (SSSR count). The molecule has 0 spiro atoms. The normalized spacial score (nSPS) is 15.3. The summed E-state index contributed by atoms with van der Waals surface area (Å²) in [6.45, 7) is -0.303. The van der Waals surface area contributed by atoms with Crippen LogP contribution in [0.1, 0.15) is 44.2 Å². The van der Waals surface area contributed by atoms with Crippen molar-refractivity contribution in [3.8, 4) is 0 Å². The SMILES string of the molecule is NCCCCC(N)C(=O)N(C(=O)CN)C(C(=O)O)(C(=O)C(N)CCCCN)C(=O)C(N)Cc1c[nH]cn1. The van der Waals surface area contributed by atoms with E-state index in [2.05, 4.69) is 9.97 Å². The van der Waals surface area contributed by atoms with Crippen LogP contribution in [0.4, 0.5) is 0 Å². The Morgan fingerprint density at radius 1 is 0.892 bits per heavy atom. The summed E-state index contributed by atoms with van der Waals surface area (Å²) in [5, 5.41) is 10.4. The standard InChI is InChI=1S/C22H39N9O6/c23-7-3-1-5-14(26)18(33)22(21(36)37,19(34)16(28)9-13-11-29-12-30-13)31(17(32)10-25)20(35)15(27)6-2-4-8-24/h11-12,14-16H,1-10,23-28H2,(H,29,30)(H,36,37). The number of nitrogens with one attached hydrogen (secondary N) is 1. The zero-order valence-corrected chi connectivity index (χ0v) is 20.8. The van der Waals surface area contributed by atoms with Gasteiger partial charge < -0.3 is 44.5 Å². The molecule has 15 heteroatoms. The molecule has 0 saturated carbocycles. The number of aromatic nitrogens is 2. The molecule has 0 bridgehead atoms. The number of aromatic amines is 1. The van der Waals surface area contributed by atoms with Gasteiger partial charge in [-0.25, -0.2) is 14.7 Å². The van der Waals surface area contributed by atoms with E-state index in [1.165, 1.54) is 12.5 Å². The lowest BCUT2D eigenvalue weighted by Gasteiger charge is -2.40. The number of unbranched alkanes of at least 4 members (excludes halogenated alkanes) is 2. The fraction of sp³-hybridized carbons (Fsp3) is 0.636. The summed E-state index contributed by atoms with van der Waals surface area (Å²) in [4.78, 5) is 73.4. The zero-order valence-electron chi connectivity index (χ0n) is 20.8. The number of Topliss-reactive ketones (excluding diaryl/α,β-unsaturated/α-hetero) is 2. The van der Waals surface area contributed by atoms with E-state index < -0.39 is 59.6 Å². The lowest BCUT2D eigenvalue weighted by atomic mass is 9.78. The van der Waals surface area contributed by atoms with Gasteiger partial charge in [0.25, 0.3) is 5.54 Å². The number of amides is 2. The fourth-order valence-corrected chi connectivity index (χ4v) is 3.91. The molecule has 0 saturated heterocycles. The van der Waals surface area contributed by atoms with Crippen molar-refractivity contribution in [2.75, 3.05) is 19.6 Å². The molecule has 1 aromatic rings. The Kier molecular flexibility index (Phi) is 13.2. The highest BCUT2D eigenvalue weighted by atomic mass is 16.4. The minimum Gasteiger partial charge on any atom is -0.479 e. The van der Waals surface area contributed by atoms with Crippen molar-refractivity contribution in [3.63, 3.8) is 0 Å². The van der Waals surface area contributed by atoms with E-state index in [9.17, 15) is 29.1 Å². The van der Waals surface area contributed by atoms with Gasteiger partial charge in [-0.05, 0) is 38.8 Å². The Hall–Kier alpha value is -3.08. The second-order valence-electron chi connectivity index (χ2n) is 8.67. The van der Waals surface area contributed by atoms with Crippen molar-refractivity contribution in [1.29, 1.82) is 0 Å². The number of nitrogens with zero attached hydrogens (tertiary/aromatic N) is 2. The molecule has 0 aromatic carbocycles. The molecule has 0 aliphatic carbocycles. The number of carboxylic acid groups (broad SMARTS) is 1. The number of H-pyrrole nitrogens is 1. The van der Waals surface area contributed by atoms with Gasteiger partial charge in [0.1, 0.15) is 0 Å². The number of nitrogens with two attached hydrogens (primary N) is 6. The van der Waals surface area contributed by atoms with Crippen LogP contribution < -0.4 is 34.4 Å². The number of ketones is 2. The summed E-state index contributed by atoms with van der Waals surface area (Å²) in [5.41, 5.74) is 31.3. The predicted octanol–water partition coefficient (Wildman–Crippen LogP) is -3.53. The summed E-state index contributed by atoms with van der Waals surface area (Å²) in [6.07, 6.45) is 4.02. The van der Waals surface area contributed by atoms with E-state index >= 15 is 0 Å². The first-order chi connectivity index (χ1) is 17.5. The average molecular weight is 526 g/mol. The molecule has 1 heterocycles. The third-order valence-corrected chi connectivity index (χ3v) is 5.92. The number of hydrogen-bond donors (Lipinski definition) is 8. The van der Waals surface area contributed by atoms with Crippen LogP contribution >= 0.6 is 0 Å². The number of aliphatic carboxylic acids is 1. The van der Waals surface area contributed by atoms with Gasteiger partial charge in [-0.2, -0.15) is 0 Å². The van der Waals surface area contributed by atoms with E-state index in [0.717, 1.165) is 0 Å². The number of rotatable bonds is 18. The summed E-state index contributed by atoms with van der Waals surface area (Å²) >= 11 is 0. The monoisotopic (exact) mass is 525 g/mol. The van der Waals surface area contributed by atoms with Crippen LogP contribution in [0.5, 0.6) is 0 Å². The largest absolute Gasteiger partial charge is 0.479 e. The smallest absolute Gasteiger partial charge is 0.346 e. The number of imidazole rings is 1.